The van der Waals surface area contributed by atoms with E-state index in [1.165, 1.54) is 24.2 Å². The molecule has 3 heterocycles. The van der Waals surface area contributed by atoms with Gasteiger partial charge in [-0.25, -0.2) is 9.97 Å². The van der Waals surface area contributed by atoms with Gasteiger partial charge in [0.1, 0.15) is 17.2 Å². The number of hydrogen-bond acceptors (Lipinski definition) is 4. The summed E-state index contributed by atoms with van der Waals surface area (Å²) in [6, 6.07) is 15.3. The van der Waals surface area contributed by atoms with Crippen molar-refractivity contribution in [1.82, 2.24) is 19.4 Å². The standard InChI is InChI=1S/C25H35N5/c1-5-7-13-23-26-21-14-15-22(27-24(21)30(23)6-2)29-18-16-25(17-19-29,28(3)4)20-11-9-8-10-12-20/h8-12,14-15H,5-7,13,16-19H2,1-4H3. The highest BCUT2D eigenvalue weighted by molar-refractivity contribution is 5.74. The lowest BCUT2D eigenvalue weighted by Crippen LogP contribution is -2.50. The van der Waals surface area contributed by atoms with Gasteiger partial charge in [-0.1, -0.05) is 43.7 Å². The highest BCUT2D eigenvalue weighted by atomic mass is 15.2. The van der Waals surface area contributed by atoms with E-state index < -0.39 is 0 Å². The molecular weight excluding hydrogens is 370 g/mol. The molecule has 0 atom stereocenters. The van der Waals surface area contributed by atoms with Crippen molar-refractivity contribution in [3.05, 3.63) is 53.9 Å². The van der Waals surface area contributed by atoms with Gasteiger partial charge in [0.2, 0.25) is 0 Å². The number of nitrogens with zero attached hydrogens (tertiary/aromatic N) is 5. The molecule has 1 aliphatic rings. The van der Waals surface area contributed by atoms with Gasteiger partial charge >= 0.3 is 0 Å². The first-order valence-electron chi connectivity index (χ1n) is 11.4. The van der Waals surface area contributed by atoms with Crippen LogP contribution in [0.3, 0.4) is 0 Å². The molecule has 1 aromatic carbocycles. The van der Waals surface area contributed by atoms with Crippen LogP contribution >= 0.6 is 0 Å². The van der Waals surface area contributed by atoms with Crippen LogP contribution in [0.2, 0.25) is 0 Å². The van der Waals surface area contributed by atoms with E-state index in [1.54, 1.807) is 0 Å². The predicted molar refractivity (Wildman–Crippen MR) is 125 cm³/mol. The van der Waals surface area contributed by atoms with E-state index in [9.17, 15) is 0 Å². The number of pyridine rings is 1. The fourth-order valence-corrected chi connectivity index (χ4v) is 4.92. The van der Waals surface area contributed by atoms with Crippen LogP contribution in [0, 0.1) is 0 Å². The highest BCUT2D eigenvalue weighted by Crippen LogP contribution is 2.38. The minimum atomic E-state index is 0.0976. The quantitative estimate of drug-likeness (QED) is 0.563. The van der Waals surface area contributed by atoms with E-state index in [4.69, 9.17) is 9.97 Å². The molecule has 0 radical (unpaired) electrons. The summed E-state index contributed by atoms with van der Waals surface area (Å²) >= 11 is 0. The normalized spacial score (nSPS) is 16.5. The molecule has 160 valence electrons. The topological polar surface area (TPSA) is 37.2 Å². The van der Waals surface area contributed by atoms with Crippen LogP contribution in [0.4, 0.5) is 5.82 Å². The Morgan fingerprint density at radius 3 is 2.33 bits per heavy atom. The molecule has 0 unspecified atom stereocenters. The van der Waals surface area contributed by atoms with E-state index in [2.05, 4.69) is 84.8 Å². The van der Waals surface area contributed by atoms with E-state index in [0.717, 1.165) is 55.9 Å². The molecule has 2 aromatic heterocycles. The molecule has 3 aromatic rings. The molecule has 0 bridgehead atoms. The molecule has 1 fully saturated rings. The van der Waals surface area contributed by atoms with Gasteiger partial charge in [-0.05, 0) is 58.0 Å². The lowest BCUT2D eigenvalue weighted by Gasteiger charge is -2.47. The number of unbranched alkanes of at least 4 members (excludes halogenated alkanes) is 1. The summed E-state index contributed by atoms with van der Waals surface area (Å²) in [6.45, 7) is 7.36. The second kappa shape index (κ2) is 8.76. The Balaban J connectivity index is 1.58. The van der Waals surface area contributed by atoms with Crippen molar-refractivity contribution in [2.75, 3.05) is 32.1 Å². The molecule has 30 heavy (non-hydrogen) atoms. The molecule has 5 heteroatoms. The maximum absolute atomic E-state index is 5.08. The molecule has 0 spiro atoms. The Kier molecular flexibility index (Phi) is 6.09. The summed E-state index contributed by atoms with van der Waals surface area (Å²) in [4.78, 5) is 14.8. The fourth-order valence-electron chi connectivity index (χ4n) is 4.92. The lowest BCUT2D eigenvalue weighted by molar-refractivity contribution is 0.115. The summed E-state index contributed by atoms with van der Waals surface area (Å²) in [5.41, 5.74) is 3.58. The number of anilines is 1. The number of aromatic nitrogens is 3. The zero-order valence-electron chi connectivity index (χ0n) is 18.9. The van der Waals surface area contributed by atoms with Crippen LogP contribution < -0.4 is 4.90 Å². The molecule has 0 aliphatic carbocycles. The maximum Gasteiger partial charge on any atom is 0.162 e. The van der Waals surface area contributed by atoms with Crippen molar-refractivity contribution >= 4 is 17.0 Å². The third-order valence-corrected chi connectivity index (χ3v) is 6.81. The molecule has 4 rings (SSSR count). The van der Waals surface area contributed by atoms with E-state index >= 15 is 0 Å². The van der Waals surface area contributed by atoms with Crippen LogP contribution in [0.5, 0.6) is 0 Å². The lowest BCUT2D eigenvalue weighted by atomic mass is 9.80. The van der Waals surface area contributed by atoms with Gasteiger partial charge in [-0.2, -0.15) is 0 Å². The summed E-state index contributed by atoms with van der Waals surface area (Å²) in [6.07, 6.45) is 5.59. The van der Waals surface area contributed by atoms with Crippen molar-refractivity contribution in [2.45, 2.75) is 58.0 Å². The number of rotatable bonds is 7. The Labute approximate surface area is 180 Å². The van der Waals surface area contributed by atoms with Gasteiger partial charge in [0.25, 0.3) is 0 Å². The third-order valence-electron chi connectivity index (χ3n) is 6.81. The molecule has 0 saturated carbocycles. The smallest absolute Gasteiger partial charge is 0.162 e. The third kappa shape index (κ3) is 3.71. The first-order chi connectivity index (χ1) is 14.6. The van der Waals surface area contributed by atoms with Crippen molar-refractivity contribution in [1.29, 1.82) is 0 Å². The molecular formula is C25H35N5. The SMILES string of the molecule is CCCCc1nc2ccc(N3CCC(c4ccccc4)(N(C)C)CC3)nc2n1CC. The Morgan fingerprint density at radius 2 is 1.70 bits per heavy atom. The van der Waals surface area contributed by atoms with Crippen LogP contribution in [-0.2, 0) is 18.5 Å². The Morgan fingerprint density at radius 1 is 0.967 bits per heavy atom. The van der Waals surface area contributed by atoms with E-state index in [0.29, 0.717) is 0 Å². The first-order valence-corrected chi connectivity index (χ1v) is 11.4. The van der Waals surface area contributed by atoms with Crippen LogP contribution in [0.25, 0.3) is 11.2 Å². The molecule has 5 nitrogen and oxygen atoms in total. The van der Waals surface area contributed by atoms with Gasteiger partial charge in [0.05, 0.1) is 0 Å². The van der Waals surface area contributed by atoms with E-state index in [-0.39, 0.29) is 5.54 Å². The summed E-state index contributed by atoms with van der Waals surface area (Å²) in [5.74, 6) is 2.26. The van der Waals surface area contributed by atoms with Gasteiger partial charge < -0.3 is 9.47 Å². The minimum Gasteiger partial charge on any atom is -0.356 e. The van der Waals surface area contributed by atoms with Crippen molar-refractivity contribution < 1.29 is 0 Å². The van der Waals surface area contributed by atoms with E-state index in [1.807, 2.05) is 0 Å². The number of hydrogen-bond donors (Lipinski definition) is 0. The molecule has 1 aliphatic heterocycles. The van der Waals surface area contributed by atoms with Gasteiger partial charge in [-0.3, -0.25) is 4.90 Å². The minimum absolute atomic E-state index is 0.0976. The monoisotopic (exact) mass is 405 g/mol. The van der Waals surface area contributed by atoms with Gasteiger partial charge in [0, 0.05) is 31.6 Å². The highest BCUT2D eigenvalue weighted by Gasteiger charge is 2.38. The Hall–Kier alpha value is -2.40. The van der Waals surface area contributed by atoms with Crippen molar-refractivity contribution in [3.8, 4) is 0 Å². The average molecular weight is 406 g/mol. The summed E-state index contributed by atoms with van der Waals surface area (Å²) in [5, 5.41) is 0. The maximum atomic E-state index is 5.08. The zero-order valence-corrected chi connectivity index (χ0v) is 18.9. The largest absolute Gasteiger partial charge is 0.356 e. The zero-order chi connectivity index (χ0) is 21.1. The Bertz CT molecular complexity index is 968. The molecule has 0 amide bonds. The predicted octanol–water partition coefficient (Wildman–Crippen LogP) is 4.85. The number of aryl methyl sites for hydroxylation is 2. The summed E-state index contributed by atoms with van der Waals surface area (Å²) < 4.78 is 2.30. The molecule has 0 N–H and O–H groups in total. The first kappa shape index (κ1) is 20.9. The van der Waals surface area contributed by atoms with Gasteiger partial charge in [-0.15, -0.1) is 0 Å². The van der Waals surface area contributed by atoms with Crippen molar-refractivity contribution in [3.63, 3.8) is 0 Å². The average Bonchev–Trinajstić information content (AvgIpc) is 3.14. The van der Waals surface area contributed by atoms with Crippen LogP contribution in [0.1, 0.15) is 50.9 Å². The van der Waals surface area contributed by atoms with Crippen molar-refractivity contribution in [2.24, 2.45) is 0 Å². The van der Waals surface area contributed by atoms with Gasteiger partial charge in [0.15, 0.2) is 5.65 Å². The number of piperidine rings is 1. The van der Waals surface area contributed by atoms with Crippen LogP contribution in [0.15, 0.2) is 42.5 Å². The number of fused-ring (bicyclic) bond motifs is 1. The van der Waals surface area contributed by atoms with Crippen LogP contribution in [-0.4, -0.2) is 46.6 Å². The fraction of sp³-hybridized carbons (Fsp3) is 0.520. The second-order valence-corrected chi connectivity index (χ2v) is 8.67. The summed E-state index contributed by atoms with van der Waals surface area (Å²) in [7, 11) is 4.43. The number of benzene rings is 1. The number of imidazole rings is 1. The second-order valence-electron chi connectivity index (χ2n) is 8.67. The molecule has 1 saturated heterocycles.